The molecule has 1 aliphatic heterocycles. The highest BCUT2D eigenvalue weighted by atomic mass is 19.1. The molecule has 0 bridgehead atoms. The molecule has 0 aromatic heterocycles. The molecule has 0 saturated heterocycles. The fourth-order valence-corrected chi connectivity index (χ4v) is 2.46. The fraction of sp³-hybridized carbons (Fsp3) is 0.368. The van der Waals surface area contributed by atoms with E-state index >= 15 is 0 Å². The summed E-state index contributed by atoms with van der Waals surface area (Å²) in [7, 11) is 1.18. The van der Waals surface area contributed by atoms with E-state index in [1.165, 1.54) is 13.2 Å². The normalized spacial score (nSPS) is 13.9. The molecule has 0 aliphatic carbocycles. The second kappa shape index (κ2) is 9.72. The van der Waals surface area contributed by atoms with Crippen LogP contribution in [-0.2, 0) is 25.6 Å². The van der Waals surface area contributed by atoms with Gasteiger partial charge in [0.15, 0.2) is 17.2 Å². The van der Waals surface area contributed by atoms with Crippen LogP contribution in [0.3, 0.4) is 0 Å². The van der Waals surface area contributed by atoms with Crippen molar-refractivity contribution in [2.75, 3.05) is 20.3 Å². The molecule has 1 amide bonds. The lowest BCUT2D eigenvalue weighted by molar-refractivity contribution is -0.137. The summed E-state index contributed by atoms with van der Waals surface area (Å²) in [4.78, 5) is 24.3. The first-order valence-electron chi connectivity index (χ1n) is 8.72. The molecule has 1 aliphatic rings. The van der Waals surface area contributed by atoms with Crippen molar-refractivity contribution < 1.29 is 33.0 Å². The maximum Gasteiger partial charge on any atom is 0.358 e. The van der Waals surface area contributed by atoms with Crippen molar-refractivity contribution >= 4 is 11.9 Å². The number of ether oxygens (including phenoxy) is 2. The number of halogens is 2. The van der Waals surface area contributed by atoms with E-state index in [0.717, 1.165) is 12.5 Å². The van der Waals surface area contributed by atoms with Crippen molar-refractivity contribution in [3.05, 3.63) is 58.2 Å². The van der Waals surface area contributed by atoms with Gasteiger partial charge < -0.3 is 25.2 Å². The van der Waals surface area contributed by atoms with Crippen LogP contribution in [0.2, 0.25) is 0 Å². The average molecular weight is 396 g/mol. The molecule has 0 radical (unpaired) electrons. The van der Waals surface area contributed by atoms with Gasteiger partial charge in [0, 0.05) is 24.7 Å². The Balaban J connectivity index is 2.19. The number of nitrogens with one attached hydrogen (secondary N) is 2. The quantitative estimate of drug-likeness (QED) is 0.461. The van der Waals surface area contributed by atoms with Crippen molar-refractivity contribution in [1.82, 2.24) is 10.6 Å². The Morgan fingerprint density at radius 3 is 2.71 bits per heavy atom. The zero-order chi connectivity index (χ0) is 20.7. The molecule has 1 heterocycles. The number of hydrogen-bond donors (Lipinski definition) is 3. The Morgan fingerprint density at radius 1 is 1.32 bits per heavy atom. The van der Waals surface area contributed by atoms with Gasteiger partial charge in [-0.2, -0.15) is 0 Å². The molecule has 9 heteroatoms. The maximum atomic E-state index is 13.7. The number of amides is 1. The third-order valence-electron chi connectivity index (χ3n) is 4.03. The summed E-state index contributed by atoms with van der Waals surface area (Å²) < 4.78 is 36.8. The predicted octanol–water partition coefficient (Wildman–Crippen LogP) is 2.20. The standard InChI is InChI=1S/C19H22F2N2O5/c1-3-4-7-28-17-15(19(26)27-2)22-10-13(16(17)24)18(25)23-9-11-5-6-12(20)8-14(11)21/h5-6,8,22,24H,3-4,7,9-10H2,1-2H3,(H,23,25). The van der Waals surface area contributed by atoms with Gasteiger partial charge in [0.2, 0.25) is 0 Å². The number of benzene rings is 1. The number of carbonyl (C=O) groups is 2. The average Bonchev–Trinajstić information content (AvgIpc) is 2.67. The van der Waals surface area contributed by atoms with Crippen molar-refractivity contribution in [2.24, 2.45) is 0 Å². The molecular formula is C19H22F2N2O5. The molecule has 152 valence electrons. The van der Waals surface area contributed by atoms with Crippen molar-refractivity contribution in [3.63, 3.8) is 0 Å². The first-order chi connectivity index (χ1) is 13.4. The monoisotopic (exact) mass is 396 g/mol. The number of unbranched alkanes of at least 4 members (excludes halogenated alkanes) is 1. The van der Waals surface area contributed by atoms with E-state index in [1.54, 1.807) is 0 Å². The number of carbonyl (C=O) groups excluding carboxylic acids is 2. The van der Waals surface area contributed by atoms with E-state index < -0.39 is 29.3 Å². The number of methoxy groups -OCH3 is 1. The van der Waals surface area contributed by atoms with Gasteiger partial charge in [-0.15, -0.1) is 0 Å². The van der Waals surface area contributed by atoms with E-state index in [2.05, 4.69) is 15.4 Å². The first-order valence-corrected chi connectivity index (χ1v) is 8.72. The second-order valence-electron chi connectivity index (χ2n) is 6.00. The van der Waals surface area contributed by atoms with E-state index in [4.69, 9.17) is 4.74 Å². The van der Waals surface area contributed by atoms with Crippen LogP contribution >= 0.6 is 0 Å². The highest BCUT2D eigenvalue weighted by Crippen LogP contribution is 2.23. The predicted molar refractivity (Wildman–Crippen MR) is 95.8 cm³/mol. The van der Waals surface area contributed by atoms with Crippen molar-refractivity contribution in [1.29, 1.82) is 0 Å². The van der Waals surface area contributed by atoms with Crippen LogP contribution in [0.25, 0.3) is 0 Å². The largest absolute Gasteiger partial charge is 0.504 e. The zero-order valence-corrected chi connectivity index (χ0v) is 15.6. The lowest BCUT2D eigenvalue weighted by Crippen LogP contribution is -2.37. The van der Waals surface area contributed by atoms with Crippen LogP contribution in [0.4, 0.5) is 8.78 Å². The van der Waals surface area contributed by atoms with E-state index in [0.29, 0.717) is 12.5 Å². The Bertz CT molecular complexity index is 821. The third-order valence-corrected chi connectivity index (χ3v) is 4.03. The highest BCUT2D eigenvalue weighted by molar-refractivity contribution is 5.97. The lowest BCUT2D eigenvalue weighted by Gasteiger charge is -2.23. The third kappa shape index (κ3) is 4.99. The molecule has 1 aromatic carbocycles. The van der Waals surface area contributed by atoms with Gasteiger partial charge in [0.25, 0.3) is 5.91 Å². The summed E-state index contributed by atoms with van der Waals surface area (Å²) in [6.45, 7) is 1.81. The minimum atomic E-state index is -0.795. The van der Waals surface area contributed by atoms with E-state index in [1.807, 2.05) is 6.92 Å². The van der Waals surface area contributed by atoms with Crippen LogP contribution in [0, 0.1) is 11.6 Å². The minimum absolute atomic E-state index is 0.0818. The number of dihydropyridines is 1. The SMILES string of the molecule is CCCCOC1=C(C(=O)OC)NCC(C(=O)NCc2ccc(F)cc2F)=C1O. The summed E-state index contributed by atoms with van der Waals surface area (Å²) in [6, 6.07) is 3.01. The summed E-state index contributed by atoms with van der Waals surface area (Å²) in [5.74, 6) is -3.62. The van der Waals surface area contributed by atoms with E-state index in [9.17, 15) is 23.5 Å². The first kappa shape index (κ1) is 21.2. The molecular weight excluding hydrogens is 374 g/mol. The number of aliphatic hydroxyl groups excluding tert-OH is 1. The fourth-order valence-electron chi connectivity index (χ4n) is 2.46. The van der Waals surface area contributed by atoms with Gasteiger partial charge in [0.1, 0.15) is 11.6 Å². The Hall–Kier alpha value is -3.10. The summed E-state index contributed by atoms with van der Waals surface area (Å²) in [5, 5.41) is 15.6. The minimum Gasteiger partial charge on any atom is -0.504 e. The van der Waals surface area contributed by atoms with Gasteiger partial charge in [-0.25, -0.2) is 13.6 Å². The molecule has 0 spiro atoms. The van der Waals surface area contributed by atoms with Gasteiger partial charge in [-0.1, -0.05) is 19.4 Å². The Kier molecular flexibility index (Phi) is 7.36. The van der Waals surface area contributed by atoms with Crippen LogP contribution in [0.15, 0.2) is 41.0 Å². The number of aliphatic hydroxyl groups is 1. The summed E-state index contributed by atoms with van der Waals surface area (Å²) >= 11 is 0. The summed E-state index contributed by atoms with van der Waals surface area (Å²) in [6.07, 6.45) is 1.51. The molecule has 0 atom stereocenters. The molecule has 28 heavy (non-hydrogen) atoms. The van der Waals surface area contributed by atoms with Crippen LogP contribution in [0.5, 0.6) is 0 Å². The molecule has 0 unspecified atom stereocenters. The molecule has 7 nitrogen and oxygen atoms in total. The number of rotatable bonds is 8. The molecule has 2 rings (SSSR count). The maximum absolute atomic E-state index is 13.7. The molecule has 0 fully saturated rings. The zero-order valence-electron chi connectivity index (χ0n) is 15.6. The van der Waals surface area contributed by atoms with Gasteiger partial charge >= 0.3 is 5.97 Å². The van der Waals surface area contributed by atoms with Crippen LogP contribution in [0.1, 0.15) is 25.3 Å². The van der Waals surface area contributed by atoms with Gasteiger partial charge in [-0.05, 0) is 12.5 Å². The smallest absolute Gasteiger partial charge is 0.358 e. The van der Waals surface area contributed by atoms with Crippen LogP contribution < -0.4 is 10.6 Å². The van der Waals surface area contributed by atoms with Crippen molar-refractivity contribution in [3.8, 4) is 0 Å². The van der Waals surface area contributed by atoms with Crippen molar-refractivity contribution in [2.45, 2.75) is 26.3 Å². The van der Waals surface area contributed by atoms with Crippen LogP contribution in [-0.4, -0.2) is 37.2 Å². The number of hydrogen-bond acceptors (Lipinski definition) is 6. The lowest BCUT2D eigenvalue weighted by atomic mass is 10.1. The Morgan fingerprint density at radius 2 is 2.07 bits per heavy atom. The highest BCUT2D eigenvalue weighted by Gasteiger charge is 2.30. The number of esters is 1. The van der Waals surface area contributed by atoms with Gasteiger partial charge in [0.05, 0.1) is 19.3 Å². The topological polar surface area (TPSA) is 96.9 Å². The van der Waals surface area contributed by atoms with Gasteiger partial charge in [-0.3, -0.25) is 4.79 Å². The van der Waals surface area contributed by atoms with E-state index in [-0.39, 0.29) is 42.3 Å². The second-order valence-corrected chi connectivity index (χ2v) is 6.00. The Labute approximate surface area is 161 Å². The molecule has 3 N–H and O–H groups in total. The molecule has 0 saturated carbocycles. The summed E-state index contributed by atoms with van der Waals surface area (Å²) in [5.41, 5.74) is -0.0808. The molecule has 1 aromatic rings.